The van der Waals surface area contributed by atoms with Crippen molar-refractivity contribution in [1.82, 2.24) is 20.3 Å². The number of carboxylic acid groups (broad SMARTS) is 1. The molecular weight excluding hydrogens is 352 g/mol. The van der Waals surface area contributed by atoms with E-state index in [1.54, 1.807) is 12.3 Å². The molecule has 1 fully saturated rings. The van der Waals surface area contributed by atoms with E-state index >= 15 is 0 Å². The maximum absolute atomic E-state index is 12.3. The van der Waals surface area contributed by atoms with E-state index in [4.69, 9.17) is 0 Å². The SMILES string of the molecule is O=C(NCC1CCCC1)c1ccc(-c2cnc3[nH]cc(C(=O)O)c3n2)s1. The van der Waals surface area contributed by atoms with Crippen LogP contribution in [0.1, 0.15) is 45.7 Å². The van der Waals surface area contributed by atoms with Crippen LogP contribution in [0.2, 0.25) is 0 Å². The number of aromatic nitrogens is 3. The van der Waals surface area contributed by atoms with Crippen LogP contribution < -0.4 is 5.32 Å². The second-order valence-electron chi connectivity index (χ2n) is 6.48. The lowest BCUT2D eigenvalue weighted by molar-refractivity contribution is 0.0698. The highest BCUT2D eigenvalue weighted by atomic mass is 32.1. The zero-order valence-electron chi connectivity index (χ0n) is 14.0. The van der Waals surface area contributed by atoms with Crippen LogP contribution in [0.4, 0.5) is 0 Å². The molecule has 0 saturated heterocycles. The summed E-state index contributed by atoms with van der Waals surface area (Å²) in [6, 6.07) is 3.59. The van der Waals surface area contributed by atoms with Gasteiger partial charge in [-0.1, -0.05) is 12.8 Å². The van der Waals surface area contributed by atoms with E-state index in [0.29, 0.717) is 27.7 Å². The first kappa shape index (κ1) is 16.7. The maximum atomic E-state index is 12.3. The molecule has 1 saturated carbocycles. The molecule has 3 aromatic rings. The Bertz CT molecular complexity index is 972. The predicted octanol–water partition coefficient (Wildman–Crippen LogP) is 3.30. The van der Waals surface area contributed by atoms with Crippen LogP contribution in [0.3, 0.4) is 0 Å². The zero-order chi connectivity index (χ0) is 18.1. The summed E-state index contributed by atoms with van der Waals surface area (Å²) in [5.74, 6) is -0.536. The van der Waals surface area contributed by atoms with Crippen LogP contribution in [0.5, 0.6) is 0 Å². The highest BCUT2D eigenvalue weighted by Gasteiger charge is 2.18. The number of thiophene rings is 1. The highest BCUT2D eigenvalue weighted by Crippen LogP contribution is 2.28. The number of H-pyrrole nitrogens is 1. The number of aromatic carboxylic acids is 1. The van der Waals surface area contributed by atoms with Gasteiger partial charge in [-0.3, -0.25) is 4.79 Å². The molecule has 26 heavy (non-hydrogen) atoms. The number of carboxylic acids is 1. The molecule has 0 unspecified atom stereocenters. The summed E-state index contributed by atoms with van der Waals surface area (Å²) in [5, 5.41) is 12.2. The van der Waals surface area contributed by atoms with Gasteiger partial charge in [0.05, 0.1) is 21.6 Å². The molecule has 1 amide bonds. The minimum absolute atomic E-state index is 0.0740. The zero-order valence-corrected chi connectivity index (χ0v) is 14.8. The fourth-order valence-electron chi connectivity index (χ4n) is 3.31. The van der Waals surface area contributed by atoms with Gasteiger partial charge in [0.1, 0.15) is 11.1 Å². The second-order valence-corrected chi connectivity index (χ2v) is 7.57. The molecule has 4 rings (SSSR count). The van der Waals surface area contributed by atoms with Gasteiger partial charge in [0.15, 0.2) is 5.65 Å². The van der Waals surface area contributed by atoms with E-state index in [1.807, 2.05) is 6.07 Å². The Morgan fingerprint density at radius 2 is 2.12 bits per heavy atom. The van der Waals surface area contributed by atoms with Gasteiger partial charge in [0.25, 0.3) is 5.91 Å². The Balaban J connectivity index is 1.53. The smallest absolute Gasteiger partial charge is 0.339 e. The summed E-state index contributed by atoms with van der Waals surface area (Å²) in [5.41, 5.74) is 1.38. The number of fused-ring (bicyclic) bond motifs is 1. The van der Waals surface area contributed by atoms with Gasteiger partial charge in [-0.25, -0.2) is 14.8 Å². The molecule has 3 N–H and O–H groups in total. The number of hydrogen-bond acceptors (Lipinski definition) is 5. The standard InChI is InChI=1S/C18H18N4O3S/c23-17(21-7-10-3-1-2-4-10)14-6-5-13(26-14)12-9-20-16-15(22-12)11(8-19-16)18(24)25/h5-6,8-10H,1-4,7H2,(H,19,20)(H,21,23)(H,24,25). The number of nitrogens with zero attached hydrogens (tertiary/aromatic N) is 2. The van der Waals surface area contributed by atoms with Crippen LogP contribution in [0.15, 0.2) is 24.5 Å². The Morgan fingerprint density at radius 3 is 2.88 bits per heavy atom. The summed E-state index contributed by atoms with van der Waals surface area (Å²) < 4.78 is 0. The van der Waals surface area contributed by atoms with Crippen LogP contribution >= 0.6 is 11.3 Å². The Hall–Kier alpha value is -2.74. The monoisotopic (exact) mass is 370 g/mol. The lowest BCUT2D eigenvalue weighted by atomic mass is 10.1. The predicted molar refractivity (Wildman–Crippen MR) is 98.5 cm³/mol. The normalized spacial score (nSPS) is 14.8. The van der Waals surface area contributed by atoms with Crippen molar-refractivity contribution in [2.24, 2.45) is 5.92 Å². The van der Waals surface area contributed by atoms with Crippen LogP contribution in [0, 0.1) is 5.92 Å². The minimum Gasteiger partial charge on any atom is -0.478 e. The van der Waals surface area contributed by atoms with Crippen molar-refractivity contribution in [2.75, 3.05) is 6.54 Å². The fraction of sp³-hybridized carbons (Fsp3) is 0.333. The molecule has 0 radical (unpaired) electrons. The molecule has 0 spiro atoms. The number of nitrogens with one attached hydrogen (secondary N) is 2. The highest BCUT2D eigenvalue weighted by molar-refractivity contribution is 7.17. The van der Waals surface area contributed by atoms with Crippen molar-refractivity contribution in [2.45, 2.75) is 25.7 Å². The fourth-order valence-corrected chi connectivity index (χ4v) is 4.19. The van der Waals surface area contributed by atoms with Crippen molar-refractivity contribution < 1.29 is 14.7 Å². The average molecular weight is 370 g/mol. The van der Waals surface area contributed by atoms with Crippen molar-refractivity contribution >= 4 is 34.4 Å². The Morgan fingerprint density at radius 1 is 1.31 bits per heavy atom. The van der Waals surface area contributed by atoms with Crippen molar-refractivity contribution in [3.05, 3.63) is 35.0 Å². The molecular formula is C18H18N4O3S. The first-order valence-corrected chi connectivity index (χ1v) is 9.39. The van der Waals surface area contributed by atoms with Gasteiger partial charge in [-0.15, -0.1) is 11.3 Å². The molecule has 0 atom stereocenters. The first-order valence-electron chi connectivity index (χ1n) is 8.57. The molecule has 8 heteroatoms. The molecule has 134 valence electrons. The molecule has 3 aromatic heterocycles. The number of hydrogen-bond donors (Lipinski definition) is 3. The average Bonchev–Trinajstić information content (AvgIpc) is 3.38. The van der Waals surface area contributed by atoms with E-state index < -0.39 is 5.97 Å². The van der Waals surface area contributed by atoms with Crippen molar-refractivity contribution in [3.8, 4) is 10.6 Å². The molecule has 1 aliphatic rings. The molecule has 0 aliphatic heterocycles. The lowest BCUT2D eigenvalue weighted by Gasteiger charge is -2.09. The largest absolute Gasteiger partial charge is 0.478 e. The van der Waals surface area contributed by atoms with Gasteiger partial charge >= 0.3 is 5.97 Å². The topological polar surface area (TPSA) is 108 Å². The third-order valence-electron chi connectivity index (χ3n) is 4.72. The van der Waals surface area contributed by atoms with Crippen LogP contribution in [-0.2, 0) is 0 Å². The van der Waals surface area contributed by atoms with Crippen molar-refractivity contribution in [3.63, 3.8) is 0 Å². The summed E-state index contributed by atoms with van der Waals surface area (Å²) in [6.45, 7) is 0.725. The number of carbonyl (C=O) groups is 2. The Kier molecular flexibility index (Phi) is 4.42. The van der Waals surface area contributed by atoms with Crippen LogP contribution in [0.25, 0.3) is 21.7 Å². The molecule has 0 aromatic carbocycles. The molecule has 0 bridgehead atoms. The van der Waals surface area contributed by atoms with Crippen molar-refractivity contribution in [1.29, 1.82) is 0 Å². The Labute approximate surface area is 153 Å². The second kappa shape index (κ2) is 6.87. The third kappa shape index (κ3) is 3.20. The lowest BCUT2D eigenvalue weighted by Crippen LogP contribution is -2.27. The summed E-state index contributed by atoms with van der Waals surface area (Å²) in [4.78, 5) is 36.4. The third-order valence-corrected chi connectivity index (χ3v) is 5.83. The maximum Gasteiger partial charge on any atom is 0.339 e. The quantitative estimate of drug-likeness (QED) is 0.638. The van der Waals surface area contributed by atoms with Gasteiger partial charge in [-0.2, -0.15) is 0 Å². The van der Waals surface area contributed by atoms with E-state index in [0.717, 1.165) is 11.4 Å². The minimum atomic E-state index is -1.05. The number of aromatic amines is 1. The molecule has 1 aliphatic carbocycles. The van der Waals surface area contributed by atoms with Gasteiger partial charge < -0.3 is 15.4 Å². The summed E-state index contributed by atoms with van der Waals surface area (Å²) >= 11 is 1.33. The van der Waals surface area contributed by atoms with E-state index in [-0.39, 0.29) is 11.5 Å². The van der Waals surface area contributed by atoms with Gasteiger partial charge in [-0.05, 0) is 30.9 Å². The van der Waals surface area contributed by atoms with Crippen LogP contribution in [-0.4, -0.2) is 38.5 Å². The number of rotatable bonds is 5. The summed E-state index contributed by atoms with van der Waals surface area (Å²) in [7, 11) is 0. The van der Waals surface area contributed by atoms with Gasteiger partial charge in [0.2, 0.25) is 0 Å². The van der Waals surface area contributed by atoms with Gasteiger partial charge in [0, 0.05) is 12.7 Å². The van der Waals surface area contributed by atoms with E-state index in [9.17, 15) is 14.7 Å². The van der Waals surface area contributed by atoms with E-state index in [2.05, 4.69) is 20.3 Å². The first-order chi connectivity index (χ1) is 12.6. The number of amides is 1. The number of carbonyl (C=O) groups excluding carboxylic acids is 1. The molecule has 3 heterocycles. The summed E-state index contributed by atoms with van der Waals surface area (Å²) in [6.07, 6.45) is 7.84. The molecule has 7 nitrogen and oxygen atoms in total. The van der Waals surface area contributed by atoms with E-state index in [1.165, 1.54) is 43.2 Å².